The third kappa shape index (κ3) is 4.53. The first-order valence-corrected chi connectivity index (χ1v) is 5.98. The average Bonchev–Trinajstić information content (AvgIpc) is 2.33. The van der Waals surface area contributed by atoms with Gasteiger partial charge in [0.25, 0.3) is 5.91 Å². The predicted molar refractivity (Wildman–Crippen MR) is 73.7 cm³/mol. The first-order chi connectivity index (χ1) is 8.93. The fourth-order valence-electron chi connectivity index (χ4n) is 1.26. The predicted octanol–water partition coefficient (Wildman–Crippen LogP) is 2.39. The highest BCUT2D eigenvalue weighted by molar-refractivity contribution is 6.30. The van der Waals surface area contributed by atoms with E-state index in [9.17, 15) is 9.90 Å². The number of anilines is 1. The number of halogens is 1. The number of hydrogen-bond acceptors (Lipinski definition) is 4. The summed E-state index contributed by atoms with van der Waals surface area (Å²) in [6.45, 7) is 3.59. The average molecular weight is 280 g/mol. The molecule has 19 heavy (non-hydrogen) atoms. The quantitative estimate of drug-likeness (QED) is 0.449. The van der Waals surface area contributed by atoms with Crippen LogP contribution in [0.2, 0.25) is 5.02 Å². The van der Waals surface area contributed by atoms with Crippen molar-refractivity contribution in [2.75, 3.05) is 5.32 Å². The highest BCUT2D eigenvalue weighted by Gasteiger charge is 2.10. The van der Waals surface area contributed by atoms with Crippen LogP contribution in [0.1, 0.15) is 13.8 Å². The first kappa shape index (κ1) is 14.9. The molecule has 1 rings (SSSR count). The van der Waals surface area contributed by atoms with Crippen molar-refractivity contribution in [2.24, 2.45) is 0 Å². The van der Waals surface area contributed by atoms with Gasteiger partial charge in [0.05, 0.1) is 5.69 Å². The summed E-state index contributed by atoms with van der Waals surface area (Å²) in [6, 6.07) is 6.15. The van der Waals surface area contributed by atoms with E-state index in [0.717, 1.165) is 0 Å². The van der Waals surface area contributed by atoms with Crippen molar-refractivity contribution in [3.8, 4) is 11.8 Å². The van der Waals surface area contributed by atoms with Crippen LogP contribution in [0.3, 0.4) is 0 Å². The molecular weight excluding hydrogens is 266 g/mol. The van der Waals surface area contributed by atoms with Gasteiger partial charge >= 0.3 is 0 Å². The molecule has 0 aliphatic heterocycles. The van der Waals surface area contributed by atoms with Gasteiger partial charge in [-0.1, -0.05) is 11.6 Å². The first-order valence-electron chi connectivity index (χ1n) is 5.60. The summed E-state index contributed by atoms with van der Waals surface area (Å²) in [7, 11) is 0. The zero-order valence-electron chi connectivity index (χ0n) is 10.6. The molecule has 1 aromatic rings. The smallest absolute Gasteiger partial charge is 0.263 e. The summed E-state index contributed by atoms with van der Waals surface area (Å²) >= 11 is 5.78. The van der Waals surface area contributed by atoms with Crippen molar-refractivity contribution in [1.82, 2.24) is 5.32 Å². The molecule has 0 unspecified atom stereocenters. The van der Waals surface area contributed by atoms with Crippen molar-refractivity contribution in [3.05, 3.63) is 35.0 Å². The number of carbonyl (C=O) groups is 1. The molecule has 0 bridgehead atoms. The number of amides is 1. The van der Waals surface area contributed by atoms with Crippen LogP contribution in [0, 0.1) is 11.3 Å². The van der Waals surface area contributed by atoms with E-state index in [-0.39, 0.29) is 17.4 Å². The van der Waals surface area contributed by atoms with E-state index in [0.29, 0.717) is 10.7 Å². The van der Waals surface area contributed by atoms with Crippen LogP contribution in [-0.4, -0.2) is 17.1 Å². The molecule has 0 fully saturated rings. The standard InChI is InChI=1S/C13H14ClN3O2/c1-8(2)17-13(19)9(6-15)7-16-11-5-10(14)3-4-12(11)18/h3-5,7-8,16,18H,1-2H3,(H,17,19)/b9-7-. The van der Waals surface area contributed by atoms with Gasteiger partial charge in [-0.2, -0.15) is 5.26 Å². The molecule has 0 saturated heterocycles. The Hall–Kier alpha value is -2.19. The van der Waals surface area contributed by atoms with Crippen molar-refractivity contribution in [3.63, 3.8) is 0 Å². The number of nitrogens with one attached hydrogen (secondary N) is 2. The molecule has 0 atom stereocenters. The summed E-state index contributed by atoms with van der Waals surface area (Å²) in [5, 5.41) is 24.2. The Morgan fingerprint density at radius 2 is 2.21 bits per heavy atom. The lowest BCUT2D eigenvalue weighted by atomic mass is 10.2. The zero-order valence-corrected chi connectivity index (χ0v) is 11.3. The summed E-state index contributed by atoms with van der Waals surface area (Å²) in [4.78, 5) is 11.6. The monoisotopic (exact) mass is 279 g/mol. The van der Waals surface area contributed by atoms with E-state index in [1.165, 1.54) is 24.4 Å². The number of hydrogen-bond donors (Lipinski definition) is 3. The van der Waals surface area contributed by atoms with Gasteiger partial charge in [0.2, 0.25) is 0 Å². The Balaban J connectivity index is 2.86. The molecule has 0 aliphatic rings. The van der Waals surface area contributed by atoms with E-state index in [1.807, 2.05) is 0 Å². The lowest BCUT2D eigenvalue weighted by molar-refractivity contribution is -0.117. The normalized spacial score (nSPS) is 11.0. The fourth-order valence-corrected chi connectivity index (χ4v) is 1.43. The Kier molecular flexibility index (Phi) is 5.22. The van der Waals surface area contributed by atoms with Gasteiger partial charge in [-0.3, -0.25) is 4.79 Å². The van der Waals surface area contributed by atoms with Gasteiger partial charge in [-0.25, -0.2) is 0 Å². The maximum atomic E-state index is 11.6. The van der Waals surface area contributed by atoms with Crippen LogP contribution in [-0.2, 0) is 4.79 Å². The largest absolute Gasteiger partial charge is 0.506 e. The van der Waals surface area contributed by atoms with Crippen molar-refractivity contribution < 1.29 is 9.90 Å². The number of rotatable bonds is 4. The lowest BCUT2D eigenvalue weighted by Gasteiger charge is -2.08. The Morgan fingerprint density at radius 3 is 2.79 bits per heavy atom. The van der Waals surface area contributed by atoms with Crippen LogP contribution < -0.4 is 10.6 Å². The van der Waals surface area contributed by atoms with Crippen molar-refractivity contribution in [1.29, 1.82) is 5.26 Å². The van der Waals surface area contributed by atoms with Crippen LogP contribution in [0.4, 0.5) is 5.69 Å². The summed E-state index contributed by atoms with van der Waals surface area (Å²) < 4.78 is 0. The topological polar surface area (TPSA) is 85.2 Å². The summed E-state index contributed by atoms with van der Waals surface area (Å²) in [6.07, 6.45) is 1.23. The van der Waals surface area contributed by atoms with Gasteiger partial charge in [-0.05, 0) is 32.0 Å². The third-order valence-corrected chi connectivity index (χ3v) is 2.35. The van der Waals surface area contributed by atoms with Crippen LogP contribution in [0.25, 0.3) is 0 Å². The van der Waals surface area contributed by atoms with E-state index in [2.05, 4.69) is 10.6 Å². The number of phenolic OH excluding ortho intramolecular Hbond substituents is 1. The Labute approximate surface area is 116 Å². The van der Waals surface area contributed by atoms with Crippen LogP contribution >= 0.6 is 11.6 Å². The molecular formula is C13H14ClN3O2. The molecule has 0 aliphatic carbocycles. The maximum Gasteiger partial charge on any atom is 0.263 e. The van der Waals surface area contributed by atoms with Crippen LogP contribution in [0.5, 0.6) is 5.75 Å². The van der Waals surface area contributed by atoms with Gasteiger partial charge in [0.1, 0.15) is 17.4 Å². The Bertz CT molecular complexity index is 547. The molecule has 1 amide bonds. The number of carbonyl (C=O) groups excluding carboxylic acids is 1. The van der Waals surface area contributed by atoms with Crippen LogP contribution in [0.15, 0.2) is 30.0 Å². The molecule has 6 heteroatoms. The number of benzene rings is 1. The zero-order chi connectivity index (χ0) is 14.4. The molecule has 1 aromatic carbocycles. The highest BCUT2D eigenvalue weighted by Crippen LogP contribution is 2.26. The minimum absolute atomic E-state index is 0.0257. The summed E-state index contributed by atoms with van der Waals surface area (Å²) in [5.74, 6) is -0.506. The summed E-state index contributed by atoms with van der Waals surface area (Å²) in [5.41, 5.74) is 0.227. The molecule has 3 N–H and O–H groups in total. The second-order valence-corrected chi connectivity index (χ2v) is 4.54. The van der Waals surface area contributed by atoms with E-state index in [4.69, 9.17) is 16.9 Å². The molecule has 5 nitrogen and oxygen atoms in total. The van der Waals surface area contributed by atoms with E-state index < -0.39 is 5.91 Å². The number of nitrogens with zero attached hydrogens (tertiary/aromatic N) is 1. The molecule has 0 heterocycles. The second kappa shape index (κ2) is 6.66. The van der Waals surface area contributed by atoms with Gasteiger partial charge in [0, 0.05) is 17.3 Å². The number of phenols is 1. The van der Waals surface area contributed by atoms with E-state index >= 15 is 0 Å². The number of aromatic hydroxyl groups is 1. The molecule has 0 spiro atoms. The lowest BCUT2D eigenvalue weighted by Crippen LogP contribution is -2.31. The second-order valence-electron chi connectivity index (χ2n) is 4.10. The SMILES string of the molecule is CC(C)NC(=O)/C(C#N)=C\Nc1cc(Cl)ccc1O. The molecule has 0 saturated carbocycles. The van der Waals surface area contributed by atoms with Crippen molar-refractivity contribution >= 4 is 23.2 Å². The van der Waals surface area contributed by atoms with Gasteiger partial charge in [-0.15, -0.1) is 0 Å². The van der Waals surface area contributed by atoms with Gasteiger partial charge < -0.3 is 15.7 Å². The third-order valence-electron chi connectivity index (χ3n) is 2.12. The minimum Gasteiger partial charge on any atom is -0.506 e. The Morgan fingerprint density at radius 1 is 1.53 bits per heavy atom. The fraction of sp³-hybridized carbons (Fsp3) is 0.231. The molecule has 100 valence electrons. The molecule has 0 radical (unpaired) electrons. The highest BCUT2D eigenvalue weighted by atomic mass is 35.5. The molecule has 0 aromatic heterocycles. The van der Waals surface area contributed by atoms with E-state index in [1.54, 1.807) is 19.9 Å². The van der Waals surface area contributed by atoms with Crippen molar-refractivity contribution in [2.45, 2.75) is 19.9 Å². The van der Waals surface area contributed by atoms with Gasteiger partial charge in [0.15, 0.2) is 0 Å². The minimum atomic E-state index is -0.480. The number of nitriles is 1. The maximum absolute atomic E-state index is 11.6.